The Morgan fingerprint density at radius 1 is 1.30 bits per heavy atom. The van der Waals surface area contributed by atoms with Gasteiger partial charge in [-0.2, -0.15) is 0 Å². The first-order valence-corrected chi connectivity index (χ1v) is 9.05. The fourth-order valence-electron chi connectivity index (χ4n) is 2.66. The van der Waals surface area contributed by atoms with Gasteiger partial charge in [0, 0.05) is 27.1 Å². The number of nitrogens with zero attached hydrogens (tertiary/aromatic N) is 1. The molecule has 0 bridgehead atoms. The number of fused-ring (bicyclic) bond motifs is 1. The highest BCUT2D eigenvalue weighted by molar-refractivity contribution is 14.1. The zero-order valence-corrected chi connectivity index (χ0v) is 15.5. The maximum atomic E-state index is 12.4. The van der Waals surface area contributed by atoms with E-state index in [-0.39, 0.29) is 5.91 Å². The van der Waals surface area contributed by atoms with E-state index in [0.717, 1.165) is 33.5 Å². The third-order valence-corrected chi connectivity index (χ3v) is 5.68. The summed E-state index contributed by atoms with van der Waals surface area (Å²) in [6.45, 7) is 1.66. The molecule has 2 heterocycles. The summed E-state index contributed by atoms with van der Waals surface area (Å²) >= 11 is 3.63. The van der Waals surface area contributed by atoms with Gasteiger partial charge in [-0.05, 0) is 65.9 Å². The molecule has 1 aliphatic heterocycles. The molecule has 0 radical (unpaired) electrons. The summed E-state index contributed by atoms with van der Waals surface area (Å²) in [5.74, 6) is -0.708. The van der Waals surface area contributed by atoms with Gasteiger partial charge in [-0.25, -0.2) is 0 Å². The van der Waals surface area contributed by atoms with Crippen LogP contribution in [0.3, 0.4) is 0 Å². The maximum absolute atomic E-state index is 12.4. The lowest BCUT2D eigenvalue weighted by Crippen LogP contribution is -2.27. The molecule has 0 fully saturated rings. The van der Waals surface area contributed by atoms with Gasteiger partial charge in [0.15, 0.2) is 0 Å². The molecule has 0 spiro atoms. The fourth-order valence-corrected chi connectivity index (χ4v) is 4.34. The van der Waals surface area contributed by atoms with Crippen LogP contribution in [0.4, 0.5) is 5.00 Å². The third kappa shape index (κ3) is 3.41. The Labute approximate surface area is 152 Å². The zero-order valence-electron chi connectivity index (χ0n) is 12.6. The van der Waals surface area contributed by atoms with E-state index in [4.69, 9.17) is 5.73 Å². The number of anilines is 1. The third-order valence-electron chi connectivity index (χ3n) is 3.83. The number of primary amides is 1. The molecule has 2 amide bonds. The Kier molecular flexibility index (Phi) is 4.69. The molecule has 0 saturated heterocycles. The van der Waals surface area contributed by atoms with Crippen molar-refractivity contribution in [1.82, 2.24) is 4.90 Å². The maximum Gasteiger partial charge on any atom is 0.256 e. The molecule has 1 aromatic heterocycles. The first-order chi connectivity index (χ1) is 11.0. The first-order valence-electron chi connectivity index (χ1n) is 7.15. The number of hydrogen-bond acceptors (Lipinski definition) is 4. The number of nitrogens with one attached hydrogen (secondary N) is 1. The summed E-state index contributed by atoms with van der Waals surface area (Å²) in [5.41, 5.74) is 7.57. The number of carbonyl (C=O) groups is 2. The predicted molar refractivity (Wildman–Crippen MR) is 100.0 cm³/mol. The van der Waals surface area contributed by atoms with Crippen molar-refractivity contribution >= 4 is 50.7 Å². The van der Waals surface area contributed by atoms with E-state index in [1.165, 1.54) is 11.3 Å². The number of carbonyl (C=O) groups excluding carboxylic acids is 2. The number of hydrogen-bond donors (Lipinski definition) is 2. The number of likely N-dealkylation sites (N-methyl/N-ethyl adjacent to an activating group) is 1. The van der Waals surface area contributed by atoms with Crippen LogP contribution in [0.5, 0.6) is 0 Å². The van der Waals surface area contributed by atoms with Gasteiger partial charge < -0.3 is 16.0 Å². The van der Waals surface area contributed by atoms with Crippen LogP contribution >= 0.6 is 33.9 Å². The average molecular weight is 441 g/mol. The quantitative estimate of drug-likeness (QED) is 0.720. The summed E-state index contributed by atoms with van der Waals surface area (Å²) in [4.78, 5) is 27.6. The van der Waals surface area contributed by atoms with Crippen molar-refractivity contribution < 1.29 is 9.59 Å². The Morgan fingerprint density at radius 2 is 2.00 bits per heavy atom. The van der Waals surface area contributed by atoms with Crippen molar-refractivity contribution in [2.24, 2.45) is 5.73 Å². The lowest BCUT2D eigenvalue weighted by Gasteiger charge is -2.22. The van der Waals surface area contributed by atoms with E-state index in [1.807, 2.05) is 19.2 Å². The Balaban J connectivity index is 1.92. The largest absolute Gasteiger partial charge is 0.365 e. The molecule has 1 aliphatic rings. The van der Waals surface area contributed by atoms with E-state index in [1.54, 1.807) is 12.1 Å². The highest BCUT2D eigenvalue weighted by Gasteiger charge is 2.26. The molecule has 0 atom stereocenters. The molecule has 120 valence electrons. The number of benzene rings is 1. The Bertz CT molecular complexity index is 770. The van der Waals surface area contributed by atoms with Crippen LogP contribution in [0.25, 0.3) is 0 Å². The number of thiophene rings is 1. The van der Waals surface area contributed by atoms with Crippen molar-refractivity contribution in [3.05, 3.63) is 49.4 Å². The van der Waals surface area contributed by atoms with Crippen LogP contribution in [0.1, 0.15) is 31.2 Å². The van der Waals surface area contributed by atoms with Gasteiger partial charge in [-0.3, -0.25) is 9.59 Å². The van der Waals surface area contributed by atoms with Gasteiger partial charge in [0.2, 0.25) is 0 Å². The minimum Gasteiger partial charge on any atom is -0.365 e. The normalized spacial score (nSPS) is 14.3. The highest BCUT2D eigenvalue weighted by Crippen LogP contribution is 2.36. The molecular weight excluding hydrogens is 425 g/mol. The summed E-state index contributed by atoms with van der Waals surface area (Å²) < 4.78 is 1.06. The molecule has 3 rings (SSSR count). The minimum absolute atomic E-state index is 0.226. The molecule has 0 aliphatic carbocycles. The Morgan fingerprint density at radius 3 is 2.65 bits per heavy atom. The molecule has 1 aromatic carbocycles. The van der Waals surface area contributed by atoms with Crippen molar-refractivity contribution in [3.8, 4) is 0 Å². The predicted octanol–water partition coefficient (Wildman–Crippen LogP) is 2.69. The van der Waals surface area contributed by atoms with E-state index < -0.39 is 5.91 Å². The highest BCUT2D eigenvalue weighted by atomic mass is 127. The molecule has 5 nitrogen and oxygen atoms in total. The van der Waals surface area contributed by atoms with Crippen molar-refractivity contribution in [1.29, 1.82) is 0 Å². The lowest BCUT2D eigenvalue weighted by atomic mass is 10.0. The standard InChI is InChI=1S/C16H16IN3O2S/c1-20-7-6-11-12(8-20)23-16(13(11)14(18)21)19-15(22)9-2-4-10(17)5-3-9/h2-5H,6-8H2,1H3,(H2,18,21)(H,19,22). The van der Waals surface area contributed by atoms with Gasteiger partial charge in [0.25, 0.3) is 11.8 Å². The van der Waals surface area contributed by atoms with Gasteiger partial charge in [-0.15, -0.1) is 11.3 Å². The smallest absolute Gasteiger partial charge is 0.256 e. The van der Waals surface area contributed by atoms with Crippen LogP contribution < -0.4 is 11.1 Å². The van der Waals surface area contributed by atoms with Crippen molar-refractivity contribution in [3.63, 3.8) is 0 Å². The fraction of sp³-hybridized carbons (Fsp3) is 0.250. The second kappa shape index (κ2) is 6.58. The lowest BCUT2D eigenvalue weighted by molar-refractivity contribution is 0.1000. The minimum atomic E-state index is -0.482. The first kappa shape index (κ1) is 16.4. The Hall–Kier alpha value is -1.45. The van der Waals surface area contributed by atoms with Crippen LogP contribution in [-0.4, -0.2) is 30.3 Å². The molecule has 23 heavy (non-hydrogen) atoms. The van der Waals surface area contributed by atoms with E-state index in [9.17, 15) is 9.59 Å². The number of rotatable bonds is 3. The van der Waals surface area contributed by atoms with Gasteiger partial charge in [0.1, 0.15) is 5.00 Å². The summed E-state index contributed by atoms with van der Waals surface area (Å²) in [5, 5.41) is 3.41. The summed E-state index contributed by atoms with van der Waals surface area (Å²) in [6, 6.07) is 7.28. The molecular formula is C16H16IN3O2S. The average Bonchev–Trinajstić information content (AvgIpc) is 2.84. The van der Waals surface area contributed by atoms with Gasteiger partial charge >= 0.3 is 0 Å². The SMILES string of the molecule is CN1CCc2c(sc(NC(=O)c3ccc(I)cc3)c2C(N)=O)C1. The van der Waals surface area contributed by atoms with Crippen LogP contribution in [0.2, 0.25) is 0 Å². The second-order valence-electron chi connectivity index (χ2n) is 5.52. The van der Waals surface area contributed by atoms with E-state index >= 15 is 0 Å². The summed E-state index contributed by atoms with van der Waals surface area (Å²) in [7, 11) is 2.04. The van der Waals surface area contributed by atoms with Crippen LogP contribution in [0.15, 0.2) is 24.3 Å². The van der Waals surface area contributed by atoms with Crippen molar-refractivity contribution in [2.75, 3.05) is 18.9 Å². The van der Waals surface area contributed by atoms with E-state index in [2.05, 4.69) is 32.8 Å². The molecule has 0 unspecified atom stereocenters. The number of amides is 2. The second-order valence-corrected chi connectivity index (χ2v) is 7.87. The van der Waals surface area contributed by atoms with Crippen molar-refractivity contribution in [2.45, 2.75) is 13.0 Å². The molecule has 0 saturated carbocycles. The van der Waals surface area contributed by atoms with E-state index in [0.29, 0.717) is 16.1 Å². The zero-order chi connectivity index (χ0) is 16.6. The molecule has 7 heteroatoms. The summed E-state index contributed by atoms with van der Waals surface area (Å²) in [6.07, 6.45) is 0.778. The number of halogens is 1. The van der Waals surface area contributed by atoms with Crippen LogP contribution in [0, 0.1) is 3.57 Å². The molecule has 3 N–H and O–H groups in total. The van der Waals surface area contributed by atoms with Gasteiger partial charge in [-0.1, -0.05) is 0 Å². The monoisotopic (exact) mass is 441 g/mol. The van der Waals surface area contributed by atoms with Crippen LogP contribution in [-0.2, 0) is 13.0 Å². The molecule has 2 aromatic rings. The number of nitrogens with two attached hydrogens (primary N) is 1. The van der Waals surface area contributed by atoms with Gasteiger partial charge in [0.05, 0.1) is 5.56 Å². The topological polar surface area (TPSA) is 75.4 Å².